The van der Waals surface area contributed by atoms with Gasteiger partial charge < -0.3 is 25.8 Å². The fraction of sp³-hybridized carbons (Fsp3) is 0.393. The molecule has 200 valence electrons. The molecule has 2 saturated carbocycles. The molecule has 10 heteroatoms. The number of amides is 1. The Labute approximate surface area is 220 Å². The molecule has 0 saturated heterocycles. The summed E-state index contributed by atoms with van der Waals surface area (Å²) in [7, 11) is 0. The van der Waals surface area contributed by atoms with Gasteiger partial charge in [0, 0.05) is 42.7 Å². The molecule has 0 bridgehead atoms. The van der Waals surface area contributed by atoms with Crippen molar-refractivity contribution in [1.82, 2.24) is 20.2 Å². The van der Waals surface area contributed by atoms with Gasteiger partial charge in [-0.15, -0.1) is 0 Å². The molecule has 5 rings (SSSR count). The van der Waals surface area contributed by atoms with Gasteiger partial charge in [-0.2, -0.15) is 0 Å². The quantitative estimate of drug-likeness (QED) is 0.271. The van der Waals surface area contributed by atoms with Crippen molar-refractivity contribution in [3.8, 4) is 11.4 Å². The largest absolute Gasteiger partial charge is 0.489 e. The monoisotopic (exact) mass is 521 g/mol. The zero-order valence-electron chi connectivity index (χ0n) is 21.3. The summed E-state index contributed by atoms with van der Waals surface area (Å²) in [6, 6.07) is 10.3. The number of para-hydroxylation sites is 1. The summed E-state index contributed by atoms with van der Waals surface area (Å²) >= 11 is 0. The Morgan fingerprint density at radius 1 is 1.24 bits per heavy atom. The fourth-order valence-electron chi connectivity index (χ4n) is 4.47. The van der Waals surface area contributed by atoms with Gasteiger partial charge in [-0.3, -0.25) is 14.2 Å². The van der Waals surface area contributed by atoms with E-state index in [1.165, 1.54) is 16.8 Å². The van der Waals surface area contributed by atoms with Gasteiger partial charge in [0.25, 0.3) is 11.5 Å². The molecule has 2 aliphatic rings. The number of aliphatic hydroxyl groups is 1. The first-order chi connectivity index (χ1) is 18.4. The number of carbonyl (C=O) groups excluding carboxylic acids is 1. The maximum absolute atomic E-state index is 14.8. The fourth-order valence-corrected chi connectivity index (χ4v) is 4.47. The Hall–Kier alpha value is -3.76. The number of aliphatic hydroxyl groups excluding tert-OH is 1. The number of anilines is 1. The van der Waals surface area contributed by atoms with Gasteiger partial charge >= 0.3 is 0 Å². The molecule has 9 nitrogen and oxygen atoms in total. The first kappa shape index (κ1) is 25.9. The first-order valence-electron chi connectivity index (χ1n) is 12.9. The number of aromatic nitrogens is 2. The highest BCUT2D eigenvalue weighted by atomic mass is 19.1. The Morgan fingerprint density at radius 3 is 2.79 bits per heavy atom. The molecule has 1 aromatic heterocycles. The lowest BCUT2D eigenvalue weighted by Gasteiger charge is -2.22. The smallest absolute Gasteiger partial charge is 0.297 e. The predicted molar refractivity (Wildman–Crippen MR) is 141 cm³/mol. The summed E-state index contributed by atoms with van der Waals surface area (Å²) in [5, 5.41) is 18.2. The summed E-state index contributed by atoms with van der Waals surface area (Å²) < 4.78 is 22.1. The number of benzene rings is 2. The van der Waals surface area contributed by atoms with Crippen molar-refractivity contribution in [3.05, 3.63) is 81.7 Å². The van der Waals surface area contributed by atoms with E-state index in [2.05, 4.69) is 20.9 Å². The number of ether oxygens (including phenoxy) is 1. The second kappa shape index (κ2) is 10.9. The number of aryl methyl sites for hydroxylation is 1. The first-order valence-corrected chi connectivity index (χ1v) is 12.9. The van der Waals surface area contributed by atoms with E-state index < -0.39 is 11.4 Å². The van der Waals surface area contributed by atoms with Crippen LogP contribution in [0.3, 0.4) is 0 Å². The van der Waals surface area contributed by atoms with Crippen molar-refractivity contribution < 1.29 is 19.0 Å². The average molecular weight is 522 g/mol. The molecule has 38 heavy (non-hydrogen) atoms. The second-order valence-electron chi connectivity index (χ2n) is 9.85. The van der Waals surface area contributed by atoms with Crippen LogP contribution in [0.4, 0.5) is 10.2 Å². The van der Waals surface area contributed by atoms with Crippen LogP contribution in [0.15, 0.2) is 53.6 Å². The van der Waals surface area contributed by atoms with E-state index in [4.69, 9.17) is 9.84 Å². The molecule has 1 amide bonds. The molecule has 2 aromatic carbocycles. The number of hydrogen-bond acceptors (Lipinski definition) is 7. The highest BCUT2D eigenvalue weighted by molar-refractivity contribution is 5.95. The second-order valence-corrected chi connectivity index (χ2v) is 9.85. The average Bonchev–Trinajstić information content (AvgIpc) is 3.84. The summed E-state index contributed by atoms with van der Waals surface area (Å²) in [4.78, 5) is 30.5. The Balaban J connectivity index is 1.40. The third-order valence-corrected chi connectivity index (χ3v) is 6.89. The third kappa shape index (κ3) is 5.56. The van der Waals surface area contributed by atoms with Crippen molar-refractivity contribution in [2.45, 2.75) is 44.2 Å². The van der Waals surface area contributed by atoms with Crippen LogP contribution in [0.2, 0.25) is 0 Å². The van der Waals surface area contributed by atoms with Gasteiger partial charge in [-0.25, -0.2) is 9.37 Å². The van der Waals surface area contributed by atoms with Crippen molar-refractivity contribution in [1.29, 1.82) is 0 Å². The van der Waals surface area contributed by atoms with Crippen LogP contribution in [0.1, 0.15) is 47.2 Å². The SMILES string of the molecule is Cc1ccc(C(=O)NC2CC2)cc1-n1ccnc(NC2(c3cccc(F)c3OCCNCCO)CC2)c1=O. The molecule has 4 N–H and O–H groups in total. The molecule has 0 spiro atoms. The number of rotatable bonds is 12. The summed E-state index contributed by atoms with van der Waals surface area (Å²) in [6.45, 7) is 3.00. The minimum absolute atomic E-state index is 0.0110. The number of carbonyl (C=O) groups is 1. The lowest BCUT2D eigenvalue weighted by Crippen LogP contribution is -2.30. The van der Waals surface area contributed by atoms with Crippen LogP contribution in [0, 0.1) is 12.7 Å². The molecule has 3 aromatic rings. The summed E-state index contributed by atoms with van der Waals surface area (Å²) in [5.41, 5.74) is 1.51. The van der Waals surface area contributed by atoms with E-state index in [1.807, 2.05) is 13.0 Å². The van der Waals surface area contributed by atoms with Crippen LogP contribution in [0.5, 0.6) is 5.75 Å². The van der Waals surface area contributed by atoms with E-state index in [0.29, 0.717) is 42.7 Å². The van der Waals surface area contributed by atoms with Crippen LogP contribution in [-0.4, -0.2) is 52.9 Å². The lowest BCUT2D eigenvalue weighted by atomic mass is 10.0. The van der Waals surface area contributed by atoms with Gasteiger partial charge in [0.05, 0.1) is 17.8 Å². The Morgan fingerprint density at radius 2 is 2.05 bits per heavy atom. The molecule has 2 fully saturated rings. The highest BCUT2D eigenvalue weighted by Crippen LogP contribution is 2.51. The maximum Gasteiger partial charge on any atom is 0.297 e. The number of nitrogens with one attached hydrogen (secondary N) is 3. The van der Waals surface area contributed by atoms with E-state index in [-0.39, 0.29) is 42.3 Å². The van der Waals surface area contributed by atoms with Crippen LogP contribution in [-0.2, 0) is 5.54 Å². The molecular weight excluding hydrogens is 489 g/mol. The van der Waals surface area contributed by atoms with Crippen molar-refractivity contribution in [2.75, 3.05) is 31.6 Å². The zero-order valence-corrected chi connectivity index (χ0v) is 21.3. The zero-order chi connectivity index (χ0) is 26.7. The maximum atomic E-state index is 14.8. The molecular formula is C28H32FN5O4. The lowest BCUT2D eigenvalue weighted by molar-refractivity contribution is 0.0951. The number of hydrogen-bond donors (Lipinski definition) is 4. The van der Waals surface area contributed by atoms with Crippen LogP contribution in [0.25, 0.3) is 5.69 Å². The molecule has 0 aliphatic heterocycles. The van der Waals surface area contributed by atoms with Crippen LogP contribution < -0.4 is 26.2 Å². The predicted octanol–water partition coefficient (Wildman–Crippen LogP) is 2.63. The summed E-state index contributed by atoms with van der Waals surface area (Å²) in [5.74, 6) is -0.355. The van der Waals surface area contributed by atoms with Gasteiger partial charge in [-0.1, -0.05) is 18.2 Å². The van der Waals surface area contributed by atoms with E-state index in [1.54, 1.807) is 30.5 Å². The van der Waals surface area contributed by atoms with Gasteiger partial charge in [0.15, 0.2) is 17.4 Å². The normalized spacial score (nSPS) is 15.7. The minimum atomic E-state index is -0.678. The molecule has 0 unspecified atom stereocenters. The molecule has 0 radical (unpaired) electrons. The highest BCUT2D eigenvalue weighted by Gasteiger charge is 2.47. The van der Waals surface area contributed by atoms with Gasteiger partial charge in [0.2, 0.25) is 0 Å². The van der Waals surface area contributed by atoms with Crippen molar-refractivity contribution in [2.24, 2.45) is 0 Å². The number of nitrogens with zero attached hydrogens (tertiary/aromatic N) is 2. The summed E-state index contributed by atoms with van der Waals surface area (Å²) in [6.07, 6.45) is 6.45. The van der Waals surface area contributed by atoms with E-state index >= 15 is 0 Å². The van der Waals surface area contributed by atoms with Gasteiger partial charge in [0.1, 0.15) is 6.61 Å². The minimum Gasteiger partial charge on any atom is -0.489 e. The van der Waals surface area contributed by atoms with Crippen LogP contribution >= 0.6 is 0 Å². The van der Waals surface area contributed by atoms with Crippen molar-refractivity contribution in [3.63, 3.8) is 0 Å². The number of halogens is 1. The Bertz CT molecular complexity index is 1380. The molecule has 0 atom stereocenters. The third-order valence-electron chi connectivity index (χ3n) is 6.89. The molecule has 2 aliphatic carbocycles. The Kier molecular flexibility index (Phi) is 7.44. The topological polar surface area (TPSA) is 118 Å². The van der Waals surface area contributed by atoms with E-state index in [9.17, 15) is 14.0 Å². The van der Waals surface area contributed by atoms with Gasteiger partial charge in [-0.05, 0) is 56.4 Å². The standard InChI is InChI=1S/C28H32FN5O4/c1-18-5-6-19(26(36)32-20-7-8-20)17-23(18)34-14-11-31-25(27(34)37)33-28(9-10-28)21-3-2-4-22(29)24(21)38-16-13-30-12-15-35/h2-6,11,14,17,20,30,35H,7-10,12-13,15-16H2,1H3,(H,31,33)(H,32,36). The van der Waals surface area contributed by atoms with E-state index in [0.717, 1.165) is 18.4 Å². The van der Waals surface area contributed by atoms with Crippen molar-refractivity contribution >= 4 is 11.7 Å². The molecule has 1 heterocycles.